The Balaban J connectivity index is 0.000000173. The molecule has 0 unspecified atom stereocenters. The number of halogens is 1. The Morgan fingerprint density at radius 3 is 1.37 bits per heavy atom. The highest BCUT2D eigenvalue weighted by Gasteiger charge is 2.38. The molecule has 0 radical (unpaired) electrons. The van der Waals surface area contributed by atoms with E-state index in [1.165, 1.54) is 50.7 Å². The van der Waals surface area contributed by atoms with Gasteiger partial charge in [0.1, 0.15) is 0 Å². The van der Waals surface area contributed by atoms with Crippen LogP contribution in [0.4, 0.5) is 0 Å². The van der Waals surface area contributed by atoms with Crippen molar-refractivity contribution in [3.63, 3.8) is 0 Å². The van der Waals surface area contributed by atoms with Crippen molar-refractivity contribution in [1.29, 1.82) is 0 Å². The number of carbonyl (C=O) groups is 4. The number of hydroxylamine groups is 4. The summed E-state index contributed by atoms with van der Waals surface area (Å²) in [6.45, 7) is 0. The van der Waals surface area contributed by atoms with Gasteiger partial charge in [-0.2, -0.15) is 0 Å². The molecule has 2 heterocycles. The number of imide groups is 2. The molecule has 2 aliphatic heterocycles. The van der Waals surface area contributed by atoms with Gasteiger partial charge in [0.05, 0.1) is 28.4 Å². The normalized spacial score (nSPS) is 19.1. The van der Waals surface area contributed by atoms with Crippen molar-refractivity contribution in [2.45, 2.75) is 82.6 Å². The van der Waals surface area contributed by atoms with Crippen LogP contribution in [0.5, 0.6) is 0 Å². The quantitative estimate of drug-likeness (QED) is 0.242. The minimum absolute atomic E-state index is 0. The fourth-order valence-corrected chi connectivity index (χ4v) is 5.46. The summed E-state index contributed by atoms with van der Waals surface area (Å²) >= 11 is 3.59. The second-order valence-corrected chi connectivity index (χ2v) is 10.8. The first kappa shape index (κ1) is 29.7. The molecule has 2 aromatic carbocycles. The van der Waals surface area contributed by atoms with Crippen LogP contribution in [0, 0.1) is 0 Å². The highest BCUT2D eigenvalue weighted by molar-refractivity contribution is 9.09. The van der Waals surface area contributed by atoms with Crippen molar-refractivity contribution in [3.8, 4) is 0 Å². The molecule has 4 aliphatic rings. The predicted octanol–water partition coefficient (Wildman–Crippen LogP) is 6.57. The summed E-state index contributed by atoms with van der Waals surface area (Å²) in [6, 6.07) is 13.1. The highest BCUT2D eigenvalue weighted by Crippen LogP contribution is 2.27. The van der Waals surface area contributed by atoms with E-state index < -0.39 is 11.8 Å². The number of alkyl halides is 1. The molecule has 2 aliphatic carbocycles. The molecular weight excluding hydrogens is 552 g/mol. The zero-order valence-corrected chi connectivity index (χ0v) is 22.2. The Morgan fingerprint density at radius 2 is 1.00 bits per heavy atom. The Kier molecular flexibility index (Phi) is 10.8. The molecule has 9 heteroatoms. The molecule has 1 N–H and O–H groups in total. The van der Waals surface area contributed by atoms with Gasteiger partial charge in [0.2, 0.25) is 0 Å². The van der Waals surface area contributed by atoms with Gasteiger partial charge in [-0.3, -0.25) is 29.2 Å². The van der Waals surface area contributed by atoms with Gasteiger partial charge in [-0.05, 0) is 49.9 Å². The van der Waals surface area contributed by atoms with Gasteiger partial charge in [0, 0.05) is 4.83 Å². The molecule has 2 saturated carbocycles. The smallest absolute Gasteiger partial charge is 0.278 e. The summed E-state index contributed by atoms with van der Waals surface area (Å²) < 4.78 is 0. The number of amides is 4. The lowest BCUT2D eigenvalue weighted by Crippen LogP contribution is -2.35. The van der Waals surface area contributed by atoms with Crippen LogP contribution in [0.1, 0.15) is 113 Å². The number of rotatable bonds is 2. The van der Waals surface area contributed by atoms with Crippen LogP contribution >= 0.6 is 15.9 Å². The van der Waals surface area contributed by atoms with Gasteiger partial charge in [0.25, 0.3) is 23.6 Å². The fraction of sp³-hybridized carbons (Fsp3) is 0.448. The lowest BCUT2D eigenvalue weighted by molar-refractivity contribution is -0.140. The summed E-state index contributed by atoms with van der Waals surface area (Å²) in [5, 5.41) is 10.00. The van der Waals surface area contributed by atoms with Crippen LogP contribution in [0.2, 0.25) is 0 Å². The number of hydrogen-bond acceptors (Lipinski definition) is 6. The first-order chi connectivity index (χ1) is 17.9. The van der Waals surface area contributed by atoms with Crippen molar-refractivity contribution >= 4 is 39.6 Å². The van der Waals surface area contributed by atoms with Crippen molar-refractivity contribution in [2.24, 2.45) is 0 Å². The molecule has 2 fully saturated rings. The molecule has 204 valence electrons. The van der Waals surface area contributed by atoms with E-state index in [1.807, 2.05) is 0 Å². The van der Waals surface area contributed by atoms with Crippen LogP contribution in [-0.4, -0.2) is 49.9 Å². The Hall–Kier alpha value is -2.88. The van der Waals surface area contributed by atoms with Crippen molar-refractivity contribution in [1.82, 2.24) is 10.1 Å². The summed E-state index contributed by atoms with van der Waals surface area (Å²) in [6.07, 6.45) is 12.4. The zero-order valence-electron chi connectivity index (χ0n) is 20.6. The van der Waals surface area contributed by atoms with Crippen LogP contribution in [0.15, 0.2) is 48.5 Å². The SMILES string of the molecule is BrC1CCCCC1.C.O=C1c2ccccc2C(=O)N1O.O=C1c2ccccc2C(=O)N1OC1CCCCC1. The molecule has 8 nitrogen and oxygen atoms in total. The zero-order chi connectivity index (χ0) is 26.4. The summed E-state index contributed by atoms with van der Waals surface area (Å²) in [5.74, 6) is -1.98. The average Bonchev–Trinajstić information content (AvgIpc) is 3.31. The van der Waals surface area contributed by atoms with E-state index >= 15 is 0 Å². The third-order valence-corrected chi connectivity index (χ3v) is 7.79. The van der Waals surface area contributed by atoms with E-state index in [1.54, 1.807) is 36.4 Å². The third kappa shape index (κ3) is 6.76. The van der Waals surface area contributed by atoms with Crippen LogP contribution in [-0.2, 0) is 4.84 Å². The summed E-state index contributed by atoms with van der Waals surface area (Å²) in [7, 11) is 0. The lowest BCUT2D eigenvalue weighted by Gasteiger charge is -2.25. The average molecular weight is 588 g/mol. The Bertz CT molecular complexity index is 1090. The highest BCUT2D eigenvalue weighted by atomic mass is 79.9. The topological polar surface area (TPSA) is 104 Å². The summed E-state index contributed by atoms with van der Waals surface area (Å²) in [5.41, 5.74) is 1.40. The van der Waals surface area contributed by atoms with Gasteiger partial charge in [-0.25, -0.2) is 0 Å². The first-order valence-electron chi connectivity index (χ1n) is 12.8. The first-order valence-corrected chi connectivity index (χ1v) is 13.8. The molecule has 38 heavy (non-hydrogen) atoms. The van der Waals surface area contributed by atoms with Crippen molar-refractivity contribution < 1.29 is 29.2 Å². The molecule has 0 bridgehead atoms. The van der Waals surface area contributed by atoms with Gasteiger partial charge in [0.15, 0.2) is 0 Å². The molecule has 0 atom stereocenters. The number of nitrogens with zero attached hydrogens (tertiary/aromatic N) is 2. The Labute approximate surface area is 232 Å². The molecule has 2 aromatic rings. The van der Waals surface area contributed by atoms with Gasteiger partial charge >= 0.3 is 0 Å². The van der Waals surface area contributed by atoms with Gasteiger partial charge in [-0.15, -0.1) is 10.1 Å². The molecule has 0 spiro atoms. The van der Waals surface area contributed by atoms with E-state index in [9.17, 15) is 19.2 Å². The third-order valence-electron chi connectivity index (χ3n) is 6.87. The van der Waals surface area contributed by atoms with Crippen molar-refractivity contribution in [2.75, 3.05) is 0 Å². The lowest BCUT2D eigenvalue weighted by atomic mass is 9.98. The maximum Gasteiger partial charge on any atom is 0.285 e. The maximum atomic E-state index is 12.1. The van der Waals surface area contributed by atoms with Gasteiger partial charge in [-0.1, -0.05) is 86.1 Å². The Morgan fingerprint density at radius 1 is 0.632 bits per heavy atom. The second-order valence-electron chi connectivity index (χ2n) is 9.52. The van der Waals surface area contributed by atoms with Crippen LogP contribution < -0.4 is 0 Å². The molecule has 6 rings (SSSR count). The van der Waals surface area contributed by atoms with E-state index in [-0.39, 0.29) is 41.5 Å². The molecular formula is C29H35BrN2O6. The predicted molar refractivity (Wildman–Crippen MR) is 146 cm³/mol. The van der Waals surface area contributed by atoms with Crippen LogP contribution in [0.3, 0.4) is 0 Å². The summed E-state index contributed by atoms with van der Waals surface area (Å²) in [4.78, 5) is 52.7. The number of carbonyl (C=O) groups excluding carboxylic acids is 4. The minimum Gasteiger partial charge on any atom is -0.278 e. The monoisotopic (exact) mass is 586 g/mol. The van der Waals surface area contributed by atoms with Gasteiger partial charge < -0.3 is 0 Å². The largest absolute Gasteiger partial charge is 0.285 e. The van der Waals surface area contributed by atoms with Crippen molar-refractivity contribution in [3.05, 3.63) is 70.8 Å². The number of hydrogen-bond donors (Lipinski definition) is 1. The van der Waals surface area contributed by atoms with E-state index in [0.29, 0.717) is 11.1 Å². The maximum absolute atomic E-state index is 12.1. The van der Waals surface area contributed by atoms with E-state index in [4.69, 9.17) is 10.0 Å². The van der Waals surface area contributed by atoms with E-state index in [0.717, 1.165) is 35.6 Å². The molecule has 0 aromatic heterocycles. The minimum atomic E-state index is -0.657. The number of fused-ring (bicyclic) bond motifs is 2. The molecule has 0 saturated heterocycles. The van der Waals surface area contributed by atoms with E-state index in [2.05, 4.69) is 15.9 Å². The second kappa shape index (κ2) is 13.8. The number of benzene rings is 2. The van der Waals surface area contributed by atoms with Crippen LogP contribution in [0.25, 0.3) is 0 Å². The molecule has 4 amide bonds. The fourth-order valence-electron chi connectivity index (χ4n) is 4.81. The standard InChI is InChI=1S/C14H15NO3.C8H5NO3.C6H11Br.CH4/c16-13-11-8-4-5-9-12(11)14(17)15(13)18-10-6-2-1-3-7-10;10-7-5-3-1-2-4-6(5)8(11)9(7)12;7-6-4-2-1-3-5-6;/h4-5,8-10H,1-3,6-7H2;1-4,12H;6H,1-5H2;1H4.